The van der Waals surface area contributed by atoms with Gasteiger partial charge >= 0.3 is 11.9 Å². The number of hydrogen-bond donors (Lipinski definition) is 0. The molecule has 154 valence electrons. The van der Waals surface area contributed by atoms with E-state index in [0.29, 0.717) is 13.2 Å². The summed E-state index contributed by atoms with van der Waals surface area (Å²) in [7, 11) is 1.36. The number of rotatable bonds is 15. The fourth-order valence-electron chi connectivity index (χ4n) is 2.59. The molecule has 0 saturated heterocycles. The van der Waals surface area contributed by atoms with Gasteiger partial charge in [0.1, 0.15) is 5.75 Å². The Hall–Kier alpha value is -2.56. The van der Waals surface area contributed by atoms with Gasteiger partial charge in [0.15, 0.2) is 0 Å². The van der Waals surface area contributed by atoms with Gasteiger partial charge in [-0.25, -0.2) is 9.59 Å². The molecule has 0 amide bonds. The van der Waals surface area contributed by atoms with Crippen LogP contribution in [0, 0.1) is 0 Å². The van der Waals surface area contributed by atoms with Gasteiger partial charge in [-0.15, -0.1) is 0 Å². The molecule has 28 heavy (non-hydrogen) atoms. The van der Waals surface area contributed by atoms with Crippen LogP contribution in [0.5, 0.6) is 5.75 Å². The lowest BCUT2D eigenvalue weighted by atomic mass is 10.1. The summed E-state index contributed by atoms with van der Waals surface area (Å²) in [4.78, 5) is 21.9. The minimum absolute atomic E-state index is 0.339. The van der Waals surface area contributed by atoms with E-state index in [1.165, 1.54) is 44.9 Å². The average Bonchev–Trinajstić information content (AvgIpc) is 2.73. The first-order valence-corrected chi connectivity index (χ1v) is 9.94. The van der Waals surface area contributed by atoms with E-state index in [1.54, 1.807) is 6.08 Å². The SMILES string of the molecule is C=CC(=O)OCCCCCCCCCCOc1ccc(/C=C\C(=O)OC)cc1. The maximum atomic E-state index is 11.1. The smallest absolute Gasteiger partial charge is 0.330 e. The molecule has 5 nitrogen and oxygen atoms in total. The van der Waals surface area contributed by atoms with E-state index in [9.17, 15) is 9.59 Å². The summed E-state index contributed by atoms with van der Waals surface area (Å²) in [6, 6.07) is 7.63. The van der Waals surface area contributed by atoms with Crippen LogP contribution in [0.3, 0.4) is 0 Å². The third-order valence-electron chi connectivity index (χ3n) is 4.21. The van der Waals surface area contributed by atoms with Gasteiger partial charge in [-0.05, 0) is 36.6 Å². The van der Waals surface area contributed by atoms with Crippen molar-refractivity contribution in [3.8, 4) is 5.75 Å². The van der Waals surface area contributed by atoms with Crippen LogP contribution in [0.4, 0.5) is 0 Å². The van der Waals surface area contributed by atoms with Crippen LogP contribution in [0.1, 0.15) is 56.9 Å². The van der Waals surface area contributed by atoms with Gasteiger partial charge in [0.25, 0.3) is 0 Å². The third-order valence-corrected chi connectivity index (χ3v) is 4.21. The second kappa shape index (κ2) is 15.5. The molecular formula is C23H32O5. The van der Waals surface area contributed by atoms with Gasteiger partial charge in [0.05, 0.1) is 20.3 Å². The fourth-order valence-corrected chi connectivity index (χ4v) is 2.59. The first-order chi connectivity index (χ1) is 13.7. The molecule has 0 N–H and O–H groups in total. The van der Waals surface area contributed by atoms with Gasteiger partial charge in [0, 0.05) is 12.2 Å². The molecule has 0 aromatic heterocycles. The molecular weight excluding hydrogens is 356 g/mol. The summed E-state index contributed by atoms with van der Waals surface area (Å²) >= 11 is 0. The monoisotopic (exact) mass is 388 g/mol. The molecule has 1 aromatic carbocycles. The first kappa shape index (κ1) is 23.5. The van der Waals surface area contributed by atoms with Crippen molar-refractivity contribution in [3.63, 3.8) is 0 Å². The van der Waals surface area contributed by atoms with Gasteiger partial charge < -0.3 is 14.2 Å². The van der Waals surface area contributed by atoms with Gasteiger partial charge in [-0.1, -0.05) is 57.2 Å². The highest BCUT2D eigenvalue weighted by molar-refractivity contribution is 5.86. The Bertz CT molecular complexity index is 604. The number of esters is 2. The van der Waals surface area contributed by atoms with Crippen molar-refractivity contribution < 1.29 is 23.8 Å². The van der Waals surface area contributed by atoms with E-state index in [1.807, 2.05) is 24.3 Å². The number of carbonyl (C=O) groups excluding carboxylic acids is 2. The van der Waals surface area contributed by atoms with Crippen LogP contribution in [0.15, 0.2) is 43.0 Å². The lowest BCUT2D eigenvalue weighted by Gasteiger charge is -2.06. The molecule has 0 aliphatic heterocycles. The fraction of sp³-hybridized carbons (Fsp3) is 0.478. The van der Waals surface area contributed by atoms with Crippen LogP contribution in [-0.4, -0.2) is 32.3 Å². The number of benzene rings is 1. The minimum Gasteiger partial charge on any atom is -0.494 e. The van der Waals surface area contributed by atoms with Crippen molar-refractivity contribution in [2.24, 2.45) is 0 Å². The zero-order valence-electron chi connectivity index (χ0n) is 16.9. The molecule has 0 heterocycles. The highest BCUT2D eigenvalue weighted by Crippen LogP contribution is 2.14. The van der Waals surface area contributed by atoms with Crippen molar-refractivity contribution in [1.82, 2.24) is 0 Å². The van der Waals surface area contributed by atoms with Crippen molar-refractivity contribution in [2.45, 2.75) is 51.4 Å². The molecule has 0 aliphatic rings. The summed E-state index contributed by atoms with van der Waals surface area (Å²) in [6.07, 6.45) is 13.4. The molecule has 0 radical (unpaired) electrons. The number of ether oxygens (including phenoxy) is 3. The first-order valence-electron chi connectivity index (χ1n) is 9.94. The Morgan fingerprint density at radius 2 is 1.43 bits per heavy atom. The van der Waals surface area contributed by atoms with Crippen molar-refractivity contribution >= 4 is 18.0 Å². The molecule has 0 atom stereocenters. The maximum absolute atomic E-state index is 11.1. The van der Waals surface area contributed by atoms with Gasteiger partial charge in [0.2, 0.25) is 0 Å². The predicted octanol–water partition coefficient (Wildman–Crippen LogP) is 5.10. The summed E-state index contributed by atoms with van der Waals surface area (Å²) in [5.41, 5.74) is 0.927. The molecule has 0 spiro atoms. The van der Waals surface area contributed by atoms with Crippen LogP contribution >= 0.6 is 0 Å². The van der Waals surface area contributed by atoms with Crippen molar-refractivity contribution in [3.05, 3.63) is 48.6 Å². The number of methoxy groups -OCH3 is 1. The lowest BCUT2D eigenvalue weighted by Crippen LogP contribution is -2.01. The molecule has 0 fully saturated rings. The molecule has 0 aliphatic carbocycles. The highest BCUT2D eigenvalue weighted by Gasteiger charge is 1.98. The van der Waals surface area contributed by atoms with E-state index < -0.39 is 0 Å². The molecule has 0 bridgehead atoms. The van der Waals surface area contributed by atoms with Crippen molar-refractivity contribution in [1.29, 1.82) is 0 Å². The standard InChI is InChI=1S/C23H32O5/c1-3-22(24)28-19-11-9-7-5-4-6-8-10-18-27-21-15-12-20(13-16-21)14-17-23(25)26-2/h3,12-17H,1,4-11,18-19H2,2H3/b17-14-. The number of carbonyl (C=O) groups is 2. The zero-order valence-corrected chi connectivity index (χ0v) is 16.9. The molecule has 5 heteroatoms. The van der Waals surface area contributed by atoms with Crippen LogP contribution in [-0.2, 0) is 19.1 Å². The zero-order chi connectivity index (χ0) is 20.5. The van der Waals surface area contributed by atoms with Crippen LogP contribution < -0.4 is 4.74 Å². The third kappa shape index (κ3) is 11.9. The maximum Gasteiger partial charge on any atom is 0.330 e. The Balaban J connectivity index is 1.97. The number of unbranched alkanes of at least 4 members (excludes halogenated alkanes) is 7. The Kier molecular flexibility index (Phi) is 13.0. The molecule has 0 unspecified atom stereocenters. The van der Waals surface area contributed by atoms with E-state index in [2.05, 4.69) is 11.3 Å². The van der Waals surface area contributed by atoms with E-state index in [0.717, 1.165) is 37.0 Å². The highest BCUT2D eigenvalue weighted by atomic mass is 16.5. The Morgan fingerprint density at radius 3 is 2.00 bits per heavy atom. The predicted molar refractivity (Wildman–Crippen MR) is 111 cm³/mol. The summed E-state index contributed by atoms with van der Waals surface area (Å²) in [5, 5.41) is 0. The van der Waals surface area contributed by atoms with E-state index in [4.69, 9.17) is 9.47 Å². The van der Waals surface area contributed by atoms with Gasteiger partial charge in [-0.3, -0.25) is 0 Å². The van der Waals surface area contributed by atoms with Crippen LogP contribution in [0.2, 0.25) is 0 Å². The van der Waals surface area contributed by atoms with Crippen molar-refractivity contribution in [2.75, 3.05) is 20.3 Å². The largest absolute Gasteiger partial charge is 0.494 e. The second-order valence-electron chi connectivity index (χ2n) is 6.47. The molecule has 0 saturated carbocycles. The van der Waals surface area contributed by atoms with E-state index >= 15 is 0 Å². The normalized spacial score (nSPS) is 10.6. The van der Waals surface area contributed by atoms with Gasteiger partial charge in [-0.2, -0.15) is 0 Å². The lowest BCUT2D eigenvalue weighted by molar-refractivity contribution is -0.138. The quantitative estimate of drug-likeness (QED) is 0.238. The minimum atomic E-state index is -0.366. The summed E-state index contributed by atoms with van der Waals surface area (Å²) in [5.74, 6) is 0.135. The summed E-state index contributed by atoms with van der Waals surface area (Å²) < 4.78 is 15.2. The number of hydrogen-bond acceptors (Lipinski definition) is 5. The van der Waals surface area contributed by atoms with Crippen LogP contribution in [0.25, 0.3) is 6.08 Å². The Morgan fingerprint density at radius 1 is 0.857 bits per heavy atom. The second-order valence-corrected chi connectivity index (χ2v) is 6.47. The summed E-state index contributed by atoms with van der Waals surface area (Å²) in [6.45, 7) is 4.57. The molecule has 1 aromatic rings. The van der Waals surface area contributed by atoms with E-state index in [-0.39, 0.29) is 11.9 Å². The average molecular weight is 389 g/mol. The Labute approximate surface area is 168 Å². The topological polar surface area (TPSA) is 61.8 Å². The molecule has 1 rings (SSSR count).